The summed E-state index contributed by atoms with van der Waals surface area (Å²) in [6.45, 7) is 3.63. The number of para-hydroxylation sites is 1. The van der Waals surface area contributed by atoms with Gasteiger partial charge in [-0.3, -0.25) is 9.63 Å². The van der Waals surface area contributed by atoms with Gasteiger partial charge in [0.1, 0.15) is 5.60 Å². The molecule has 1 saturated heterocycles. The summed E-state index contributed by atoms with van der Waals surface area (Å²) in [5.74, 6) is -0.0779. The SMILES string of the molecule is CC1(C)CC(=O)N(c2ccccc2CO)O1. The van der Waals surface area contributed by atoms with Crippen molar-refractivity contribution in [2.24, 2.45) is 0 Å². The Bertz CT molecular complexity index is 414. The van der Waals surface area contributed by atoms with Crippen molar-refractivity contribution in [3.8, 4) is 0 Å². The minimum atomic E-state index is -0.473. The fourth-order valence-corrected chi connectivity index (χ4v) is 1.79. The third kappa shape index (κ3) is 1.94. The van der Waals surface area contributed by atoms with E-state index in [0.717, 1.165) is 0 Å². The maximum absolute atomic E-state index is 11.8. The minimum Gasteiger partial charge on any atom is -0.392 e. The zero-order valence-corrected chi connectivity index (χ0v) is 9.43. The number of aliphatic hydroxyl groups is 1. The van der Waals surface area contributed by atoms with E-state index in [2.05, 4.69) is 0 Å². The van der Waals surface area contributed by atoms with Gasteiger partial charge < -0.3 is 5.11 Å². The first-order valence-corrected chi connectivity index (χ1v) is 5.24. The molecule has 1 aliphatic rings. The molecule has 1 aromatic rings. The highest BCUT2D eigenvalue weighted by Crippen LogP contribution is 2.32. The number of hydrogen-bond donors (Lipinski definition) is 1. The summed E-state index contributed by atoms with van der Waals surface area (Å²) < 4.78 is 0. The lowest BCUT2D eigenvalue weighted by atomic mass is 10.1. The molecular formula is C12H15NO3. The van der Waals surface area contributed by atoms with Crippen molar-refractivity contribution in [1.82, 2.24) is 0 Å². The third-order valence-corrected chi connectivity index (χ3v) is 2.52. The van der Waals surface area contributed by atoms with Crippen LogP contribution < -0.4 is 5.06 Å². The zero-order chi connectivity index (χ0) is 11.8. The number of amides is 1. The summed E-state index contributed by atoms with van der Waals surface area (Å²) in [6, 6.07) is 7.18. The molecule has 86 valence electrons. The van der Waals surface area contributed by atoms with Crippen LogP contribution in [0.5, 0.6) is 0 Å². The number of rotatable bonds is 2. The van der Waals surface area contributed by atoms with Crippen LogP contribution in [0.3, 0.4) is 0 Å². The second kappa shape index (κ2) is 3.88. The number of nitrogens with zero attached hydrogens (tertiary/aromatic N) is 1. The average molecular weight is 221 g/mol. The number of benzene rings is 1. The minimum absolute atomic E-state index is 0.0779. The second-order valence-electron chi connectivity index (χ2n) is 4.50. The summed E-state index contributed by atoms with van der Waals surface area (Å²) in [5, 5.41) is 10.5. The molecule has 4 heteroatoms. The first kappa shape index (κ1) is 11.1. The van der Waals surface area contributed by atoms with Crippen LogP contribution in [0.1, 0.15) is 25.8 Å². The lowest BCUT2D eigenvalue weighted by molar-refractivity contribution is -0.119. The van der Waals surface area contributed by atoms with Crippen molar-refractivity contribution in [3.63, 3.8) is 0 Å². The van der Waals surface area contributed by atoms with E-state index in [0.29, 0.717) is 17.7 Å². The average Bonchev–Trinajstić information content (AvgIpc) is 2.52. The lowest BCUT2D eigenvalue weighted by Crippen LogP contribution is -2.26. The van der Waals surface area contributed by atoms with E-state index in [1.807, 2.05) is 26.0 Å². The van der Waals surface area contributed by atoms with Crippen LogP contribution in [0.25, 0.3) is 0 Å². The molecule has 2 rings (SSSR count). The van der Waals surface area contributed by atoms with E-state index in [4.69, 9.17) is 4.84 Å². The Hall–Kier alpha value is -1.39. The van der Waals surface area contributed by atoms with Crippen LogP contribution in [0.15, 0.2) is 24.3 Å². The molecule has 0 aliphatic carbocycles. The maximum Gasteiger partial charge on any atom is 0.253 e. The quantitative estimate of drug-likeness (QED) is 0.825. The Morgan fingerprint density at radius 2 is 2.12 bits per heavy atom. The molecular weight excluding hydrogens is 206 g/mol. The van der Waals surface area contributed by atoms with Gasteiger partial charge in [-0.05, 0) is 19.9 Å². The fraction of sp³-hybridized carbons (Fsp3) is 0.417. The molecule has 1 heterocycles. The van der Waals surface area contributed by atoms with Gasteiger partial charge in [-0.2, -0.15) is 5.06 Å². The van der Waals surface area contributed by atoms with Crippen molar-refractivity contribution in [2.75, 3.05) is 5.06 Å². The smallest absolute Gasteiger partial charge is 0.253 e. The predicted octanol–water partition coefficient (Wildman–Crippen LogP) is 1.63. The highest BCUT2D eigenvalue weighted by molar-refractivity contribution is 5.94. The maximum atomic E-state index is 11.8. The number of anilines is 1. The number of hydroxylamine groups is 1. The summed E-state index contributed by atoms with van der Waals surface area (Å²) in [4.78, 5) is 17.3. The molecule has 1 N–H and O–H groups in total. The highest BCUT2D eigenvalue weighted by atomic mass is 16.7. The topological polar surface area (TPSA) is 49.8 Å². The van der Waals surface area contributed by atoms with Crippen LogP contribution in [0, 0.1) is 0 Å². The molecule has 4 nitrogen and oxygen atoms in total. The van der Waals surface area contributed by atoms with Crippen LogP contribution in [0.2, 0.25) is 0 Å². The molecule has 0 spiro atoms. The van der Waals surface area contributed by atoms with Gasteiger partial charge in [0.15, 0.2) is 0 Å². The largest absolute Gasteiger partial charge is 0.392 e. The third-order valence-electron chi connectivity index (χ3n) is 2.52. The van der Waals surface area contributed by atoms with Gasteiger partial charge in [-0.25, -0.2) is 0 Å². The van der Waals surface area contributed by atoms with Gasteiger partial charge >= 0.3 is 0 Å². The van der Waals surface area contributed by atoms with Gasteiger partial charge in [-0.1, -0.05) is 18.2 Å². The molecule has 16 heavy (non-hydrogen) atoms. The summed E-state index contributed by atoms with van der Waals surface area (Å²) in [5.41, 5.74) is 0.841. The molecule has 1 fully saturated rings. The number of carbonyl (C=O) groups excluding carboxylic acids is 1. The van der Waals surface area contributed by atoms with Crippen LogP contribution >= 0.6 is 0 Å². The number of hydrogen-bond acceptors (Lipinski definition) is 3. The Balaban J connectivity index is 2.35. The molecule has 0 bridgehead atoms. The first-order chi connectivity index (χ1) is 7.53. The standard InChI is InChI=1S/C12H15NO3/c1-12(2)7-11(15)13(16-12)10-6-4-3-5-9(10)8-14/h3-6,14H,7-8H2,1-2H3. The Morgan fingerprint density at radius 1 is 1.44 bits per heavy atom. The second-order valence-corrected chi connectivity index (χ2v) is 4.50. The van der Waals surface area contributed by atoms with Crippen molar-refractivity contribution in [2.45, 2.75) is 32.5 Å². The van der Waals surface area contributed by atoms with E-state index < -0.39 is 5.60 Å². The predicted molar refractivity (Wildman–Crippen MR) is 59.6 cm³/mol. The van der Waals surface area contributed by atoms with Gasteiger partial charge in [0.25, 0.3) is 5.91 Å². The van der Waals surface area contributed by atoms with Gasteiger partial charge in [-0.15, -0.1) is 0 Å². The van der Waals surface area contributed by atoms with Gasteiger partial charge in [0.05, 0.1) is 18.7 Å². The van der Waals surface area contributed by atoms with Crippen LogP contribution in [0.4, 0.5) is 5.69 Å². The van der Waals surface area contributed by atoms with Crippen LogP contribution in [-0.2, 0) is 16.2 Å². The summed E-state index contributed by atoms with van der Waals surface area (Å²) in [7, 11) is 0. The zero-order valence-electron chi connectivity index (χ0n) is 9.43. The van der Waals surface area contributed by atoms with Crippen molar-refractivity contribution in [3.05, 3.63) is 29.8 Å². The molecule has 1 aromatic carbocycles. The molecule has 0 unspecified atom stereocenters. The van der Waals surface area contributed by atoms with Crippen molar-refractivity contribution >= 4 is 11.6 Å². The lowest BCUT2D eigenvalue weighted by Gasteiger charge is -2.21. The monoisotopic (exact) mass is 221 g/mol. The molecule has 0 aromatic heterocycles. The van der Waals surface area contributed by atoms with Gasteiger partial charge in [0, 0.05) is 5.56 Å². The molecule has 0 saturated carbocycles. The summed E-state index contributed by atoms with van der Waals surface area (Å²) >= 11 is 0. The normalized spacial score (nSPS) is 19.2. The Labute approximate surface area is 94.4 Å². The van der Waals surface area contributed by atoms with Crippen molar-refractivity contribution in [1.29, 1.82) is 0 Å². The number of aliphatic hydroxyl groups excluding tert-OH is 1. The molecule has 1 aliphatic heterocycles. The van der Waals surface area contributed by atoms with E-state index in [1.165, 1.54) is 5.06 Å². The first-order valence-electron chi connectivity index (χ1n) is 5.24. The molecule has 0 atom stereocenters. The van der Waals surface area contributed by atoms with E-state index >= 15 is 0 Å². The Kier molecular flexibility index (Phi) is 2.69. The Morgan fingerprint density at radius 3 is 2.69 bits per heavy atom. The molecule has 0 radical (unpaired) electrons. The van der Waals surface area contributed by atoms with Crippen molar-refractivity contribution < 1.29 is 14.7 Å². The van der Waals surface area contributed by atoms with E-state index in [-0.39, 0.29) is 12.5 Å². The highest BCUT2D eigenvalue weighted by Gasteiger charge is 2.38. The fourth-order valence-electron chi connectivity index (χ4n) is 1.79. The van der Waals surface area contributed by atoms with Crippen LogP contribution in [-0.4, -0.2) is 16.6 Å². The van der Waals surface area contributed by atoms with E-state index in [9.17, 15) is 9.90 Å². The number of carbonyl (C=O) groups is 1. The molecule has 1 amide bonds. The van der Waals surface area contributed by atoms with Gasteiger partial charge in [0.2, 0.25) is 0 Å². The van der Waals surface area contributed by atoms with E-state index in [1.54, 1.807) is 12.1 Å². The summed E-state index contributed by atoms with van der Waals surface area (Å²) in [6.07, 6.45) is 0.354.